The first-order valence-electron chi connectivity index (χ1n) is 11.4. The van der Waals surface area contributed by atoms with Gasteiger partial charge in [0.1, 0.15) is 23.7 Å². The number of aryl methyl sites for hydroxylation is 3. The standard InChI is InChI=1S/C28H31N3O2S/c1-18-10-12-24(20(3)14-18)29-27(34)31-30-25-16-28(4,5)33-26-13-11-22(15-23(25)26)32-17-21-9-7-6-8-19(21)2/h6-15H,16-17H2,1-5H3,(H2,29,31,34)/b30-25+. The number of hydrogen-bond donors (Lipinski definition) is 2. The Morgan fingerprint density at radius 2 is 1.82 bits per heavy atom. The Bertz CT molecular complexity index is 1250. The van der Waals surface area contributed by atoms with Crippen molar-refractivity contribution in [1.29, 1.82) is 0 Å². The lowest BCUT2D eigenvalue weighted by Gasteiger charge is -2.33. The lowest BCUT2D eigenvalue weighted by Crippen LogP contribution is -2.37. The van der Waals surface area contributed by atoms with Crippen molar-refractivity contribution in [3.63, 3.8) is 0 Å². The van der Waals surface area contributed by atoms with Crippen molar-refractivity contribution in [1.82, 2.24) is 5.43 Å². The molecule has 1 heterocycles. The first kappa shape index (κ1) is 23.8. The summed E-state index contributed by atoms with van der Waals surface area (Å²) in [7, 11) is 0. The summed E-state index contributed by atoms with van der Waals surface area (Å²) >= 11 is 5.50. The van der Waals surface area contributed by atoms with Crippen molar-refractivity contribution in [3.8, 4) is 11.5 Å². The molecule has 3 aromatic rings. The molecule has 0 bridgehead atoms. The molecule has 0 aromatic heterocycles. The van der Waals surface area contributed by atoms with Crippen molar-refractivity contribution >= 4 is 28.7 Å². The molecule has 0 saturated heterocycles. The molecule has 0 aliphatic carbocycles. The monoisotopic (exact) mass is 473 g/mol. The van der Waals surface area contributed by atoms with Crippen LogP contribution in [-0.4, -0.2) is 16.4 Å². The largest absolute Gasteiger partial charge is 0.489 e. The number of nitrogens with one attached hydrogen (secondary N) is 2. The van der Waals surface area contributed by atoms with Crippen LogP contribution in [0.4, 0.5) is 5.69 Å². The van der Waals surface area contributed by atoms with E-state index in [-0.39, 0.29) is 5.60 Å². The molecular weight excluding hydrogens is 442 g/mol. The van der Waals surface area contributed by atoms with E-state index in [0.717, 1.165) is 39.6 Å². The van der Waals surface area contributed by atoms with Gasteiger partial charge in [-0.25, -0.2) is 0 Å². The van der Waals surface area contributed by atoms with Crippen LogP contribution in [0.15, 0.2) is 65.8 Å². The van der Waals surface area contributed by atoms with Gasteiger partial charge >= 0.3 is 0 Å². The molecule has 34 heavy (non-hydrogen) atoms. The highest BCUT2D eigenvalue weighted by molar-refractivity contribution is 7.80. The van der Waals surface area contributed by atoms with Crippen molar-refractivity contribution in [2.45, 2.75) is 53.2 Å². The number of anilines is 1. The van der Waals surface area contributed by atoms with Crippen LogP contribution in [-0.2, 0) is 6.61 Å². The lowest BCUT2D eigenvalue weighted by atomic mass is 9.92. The van der Waals surface area contributed by atoms with Gasteiger partial charge in [0.05, 0.1) is 5.71 Å². The lowest BCUT2D eigenvalue weighted by molar-refractivity contribution is 0.111. The van der Waals surface area contributed by atoms with Crippen LogP contribution in [0.2, 0.25) is 0 Å². The Hall–Kier alpha value is -3.38. The maximum Gasteiger partial charge on any atom is 0.191 e. The second-order valence-corrected chi connectivity index (χ2v) is 9.76. The molecule has 6 heteroatoms. The van der Waals surface area contributed by atoms with Crippen LogP contribution >= 0.6 is 12.2 Å². The van der Waals surface area contributed by atoms with Crippen LogP contribution in [0.1, 0.15) is 48.1 Å². The van der Waals surface area contributed by atoms with Gasteiger partial charge in [-0.1, -0.05) is 42.0 Å². The van der Waals surface area contributed by atoms with E-state index in [4.69, 9.17) is 21.7 Å². The Morgan fingerprint density at radius 3 is 2.59 bits per heavy atom. The first-order chi connectivity index (χ1) is 16.2. The Kier molecular flexibility index (Phi) is 6.89. The third kappa shape index (κ3) is 5.75. The van der Waals surface area contributed by atoms with Crippen molar-refractivity contribution in [2.75, 3.05) is 5.32 Å². The fourth-order valence-electron chi connectivity index (χ4n) is 4.00. The second-order valence-electron chi connectivity index (χ2n) is 9.35. The van der Waals surface area contributed by atoms with Gasteiger partial charge < -0.3 is 14.8 Å². The van der Waals surface area contributed by atoms with Gasteiger partial charge in [-0.15, -0.1) is 0 Å². The molecule has 2 N–H and O–H groups in total. The van der Waals surface area contributed by atoms with E-state index in [1.165, 1.54) is 11.1 Å². The molecule has 0 spiro atoms. The average molecular weight is 474 g/mol. The van der Waals surface area contributed by atoms with Gasteiger partial charge in [0.15, 0.2) is 5.11 Å². The molecule has 0 amide bonds. The summed E-state index contributed by atoms with van der Waals surface area (Å²) in [6.45, 7) is 10.8. The number of benzene rings is 3. The zero-order valence-corrected chi connectivity index (χ0v) is 21.2. The molecule has 0 fully saturated rings. The summed E-state index contributed by atoms with van der Waals surface area (Å²) in [6, 6.07) is 20.3. The van der Waals surface area contributed by atoms with E-state index >= 15 is 0 Å². The molecule has 5 nitrogen and oxygen atoms in total. The molecule has 1 aliphatic rings. The number of hydrazone groups is 1. The van der Waals surface area contributed by atoms with Gasteiger partial charge in [0.2, 0.25) is 0 Å². The quantitative estimate of drug-likeness (QED) is 0.330. The molecule has 0 atom stereocenters. The predicted molar refractivity (Wildman–Crippen MR) is 143 cm³/mol. The van der Waals surface area contributed by atoms with Crippen LogP contribution in [0.25, 0.3) is 0 Å². The molecule has 176 valence electrons. The molecule has 4 rings (SSSR count). The third-order valence-corrected chi connectivity index (χ3v) is 6.01. The van der Waals surface area contributed by atoms with Gasteiger partial charge in [-0.3, -0.25) is 5.43 Å². The highest BCUT2D eigenvalue weighted by Crippen LogP contribution is 2.35. The zero-order valence-electron chi connectivity index (χ0n) is 20.4. The maximum absolute atomic E-state index is 6.20. The van der Waals surface area contributed by atoms with Crippen molar-refractivity contribution in [2.24, 2.45) is 5.10 Å². The Balaban J connectivity index is 1.52. The van der Waals surface area contributed by atoms with Crippen molar-refractivity contribution < 1.29 is 9.47 Å². The Morgan fingerprint density at radius 1 is 1.03 bits per heavy atom. The fourth-order valence-corrected chi connectivity index (χ4v) is 4.16. The van der Waals surface area contributed by atoms with E-state index < -0.39 is 0 Å². The minimum absolute atomic E-state index is 0.375. The van der Waals surface area contributed by atoms with E-state index in [9.17, 15) is 0 Å². The number of rotatable bonds is 5. The summed E-state index contributed by atoms with van der Waals surface area (Å²) in [5.41, 5.74) is 10.1. The third-order valence-electron chi connectivity index (χ3n) is 5.82. The molecular formula is C28H31N3O2S. The molecule has 0 saturated carbocycles. The number of hydrogen-bond acceptors (Lipinski definition) is 4. The molecule has 0 unspecified atom stereocenters. The fraction of sp³-hybridized carbons (Fsp3) is 0.286. The highest BCUT2D eigenvalue weighted by atomic mass is 32.1. The maximum atomic E-state index is 6.20. The van der Waals surface area contributed by atoms with Crippen LogP contribution in [0, 0.1) is 20.8 Å². The Labute approximate surface area is 207 Å². The van der Waals surface area contributed by atoms with Crippen LogP contribution in [0.3, 0.4) is 0 Å². The first-order valence-corrected chi connectivity index (χ1v) is 11.8. The van der Waals surface area contributed by atoms with E-state index in [2.05, 4.69) is 74.7 Å². The minimum Gasteiger partial charge on any atom is -0.489 e. The summed E-state index contributed by atoms with van der Waals surface area (Å²) in [5, 5.41) is 8.34. The van der Waals surface area contributed by atoms with Gasteiger partial charge in [-0.2, -0.15) is 5.10 Å². The average Bonchev–Trinajstić information content (AvgIpc) is 2.78. The van der Waals surface area contributed by atoms with Crippen molar-refractivity contribution in [3.05, 3.63) is 88.5 Å². The number of ether oxygens (including phenoxy) is 2. The topological polar surface area (TPSA) is 54.9 Å². The smallest absolute Gasteiger partial charge is 0.191 e. The number of fused-ring (bicyclic) bond motifs is 1. The molecule has 0 radical (unpaired) electrons. The van der Waals surface area contributed by atoms with E-state index in [1.54, 1.807) is 0 Å². The SMILES string of the molecule is Cc1ccc(NC(=S)N/N=C2\CC(C)(C)Oc3ccc(OCc4ccccc4C)cc32)c(C)c1. The summed E-state index contributed by atoms with van der Waals surface area (Å²) in [4.78, 5) is 0. The second kappa shape index (κ2) is 9.85. The van der Waals surface area contributed by atoms with Gasteiger partial charge in [0.25, 0.3) is 0 Å². The van der Waals surface area contributed by atoms with Crippen LogP contribution < -0.4 is 20.2 Å². The number of thiocarbonyl (C=S) groups is 1. The minimum atomic E-state index is -0.375. The van der Waals surface area contributed by atoms with Gasteiger partial charge in [0, 0.05) is 17.7 Å². The normalized spacial score (nSPS) is 15.3. The number of nitrogens with zero attached hydrogens (tertiary/aromatic N) is 1. The van der Waals surface area contributed by atoms with Gasteiger partial charge in [-0.05, 0) is 87.8 Å². The predicted octanol–water partition coefficient (Wildman–Crippen LogP) is 6.44. The van der Waals surface area contributed by atoms with E-state index in [1.807, 2.05) is 36.4 Å². The van der Waals surface area contributed by atoms with Crippen LogP contribution in [0.5, 0.6) is 11.5 Å². The highest BCUT2D eigenvalue weighted by Gasteiger charge is 2.31. The zero-order chi connectivity index (χ0) is 24.3. The summed E-state index contributed by atoms with van der Waals surface area (Å²) < 4.78 is 12.3. The molecule has 3 aromatic carbocycles. The molecule has 1 aliphatic heterocycles. The van der Waals surface area contributed by atoms with E-state index in [0.29, 0.717) is 18.1 Å². The summed E-state index contributed by atoms with van der Waals surface area (Å²) in [6.07, 6.45) is 0.639. The summed E-state index contributed by atoms with van der Waals surface area (Å²) in [5.74, 6) is 1.56.